The lowest BCUT2D eigenvalue weighted by atomic mass is 10.1. The molecule has 0 saturated heterocycles. The van der Waals surface area contributed by atoms with E-state index in [0.29, 0.717) is 38.2 Å². The summed E-state index contributed by atoms with van der Waals surface area (Å²) >= 11 is 0. The molecule has 0 fully saturated rings. The minimum Gasteiger partial charge on any atom is -0.377 e. The first-order valence-corrected chi connectivity index (χ1v) is 12.1. The third kappa shape index (κ3) is 6.38. The summed E-state index contributed by atoms with van der Waals surface area (Å²) in [4.78, 5) is 17.4. The molecule has 1 aliphatic heterocycles. The molecule has 31 heavy (non-hydrogen) atoms. The number of amidine groups is 1. The fourth-order valence-electron chi connectivity index (χ4n) is 3.31. The van der Waals surface area contributed by atoms with E-state index in [9.17, 15) is 13.2 Å². The number of ether oxygens (including phenoxy) is 1. The summed E-state index contributed by atoms with van der Waals surface area (Å²) in [6.07, 6.45) is 2.99. The second-order valence-electron chi connectivity index (χ2n) is 7.42. The summed E-state index contributed by atoms with van der Waals surface area (Å²) in [5.74, 6) is 0.0330. The average molecular weight is 444 g/mol. The van der Waals surface area contributed by atoms with Crippen molar-refractivity contribution < 1.29 is 17.9 Å². The molecule has 0 spiro atoms. The van der Waals surface area contributed by atoms with E-state index in [2.05, 4.69) is 15.0 Å². The Balaban J connectivity index is 1.54. The SMILES string of the molecule is CCCCC(N=C1NS(=O)(=O)c2ccccc21)C(=O)NCCCOCc1ccccc1. The minimum atomic E-state index is -3.63. The van der Waals surface area contributed by atoms with Crippen molar-refractivity contribution in [2.75, 3.05) is 13.2 Å². The topological polar surface area (TPSA) is 96.9 Å². The number of aliphatic imine (C=N–C) groups is 1. The maximum atomic E-state index is 12.7. The average Bonchev–Trinajstić information content (AvgIpc) is 3.04. The Morgan fingerprint density at radius 2 is 1.84 bits per heavy atom. The van der Waals surface area contributed by atoms with Crippen LogP contribution in [0.2, 0.25) is 0 Å². The molecule has 166 valence electrons. The number of sulfonamides is 1. The van der Waals surface area contributed by atoms with Gasteiger partial charge in [0, 0.05) is 18.7 Å². The molecule has 7 nitrogen and oxygen atoms in total. The zero-order chi connectivity index (χ0) is 22.1. The second-order valence-corrected chi connectivity index (χ2v) is 9.07. The lowest BCUT2D eigenvalue weighted by Gasteiger charge is -2.14. The van der Waals surface area contributed by atoms with Gasteiger partial charge in [-0.05, 0) is 30.5 Å². The molecule has 2 aromatic carbocycles. The molecule has 2 N–H and O–H groups in total. The predicted octanol–water partition coefficient (Wildman–Crippen LogP) is 3.01. The lowest BCUT2D eigenvalue weighted by Crippen LogP contribution is -2.36. The molecule has 1 atom stereocenters. The quantitative estimate of drug-likeness (QED) is 0.522. The number of carbonyl (C=O) groups is 1. The van der Waals surface area contributed by atoms with Gasteiger partial charge in [-0.3, -0.25) is 14.5 Å². The molecular weight excluding hydrogens is 414 g/mol. The first kappa shape index (κ1) is 23.0. The molecule has 1 aliphatic rings. The van der Waals surface area contributed by atoms with Crippen molar-refractivity contribution in [2.24, 2.45) is 4.99 Å². The summed E-state index contributed by atoms with van der Waals surface area (Å²) in [5, 5.41) is 2.91. The van der Waals surface area contributed by atoms with Gasteiger partial charge < -0.3 is 10.1 Å². The summed E-state index contributed by atoms with van der Waals surface area (Å²) in [6, 6.07) is 15.9. The van der Waals surface area contributed by atoms with Crippen molar-refractivity contribution in [3.8, 4) is 0 Å². The molecule has 8 heteroatoms. The van der Waals surface area contributed by atoms with Gasteiger partial charge in [0.2, 0.25) is 5.91 Å². The van der Waals surface area contributed by atoms with Gasteiger partial charge in [-0.2, -0.15) is 0 Å². The molecule has 2 aromatic rings. The van der Waals surface area contributed by atoms with Crippen molar-refractivity contribution in [3.05, 3.63) is 65.7 Å². The van der Waals surface area contributed by atoms with Crippen LogP contribution in [0.1, 0.15) is 43.7 Å². The number of hydrogen-bond acceptors (Lipinski definition) is 5. The molecule has 0 saturated carbocycles. The summed E-state index contributed by atoms with van der Waals surface area (Å²) in [5.41, 5.74) is 1.62. The number of fused-ring (bicyclic) bond motifs is 1. The third-order valence-corrected chi connectivity index (χ3v) is 6.35. The van der Waals surface area contributed by atoms with Crippen LogP contribution < -0.4 is 10.0 Å². The number of benzene rings is 2. The van der Waals surface area contributed by atoms with Crippen molar-refractivity contribution in [1.82, 2.24) is 10.0 Å². The normalized spacial score (nSPS) is 16.5. The van der Waals surface area contributed by atoms with Crippen molar-refractivity contribution in [2.45, 2.75) is 50.2 Å². The van der Waals surface area contributed by atoms with E-state index in [1.54, 1.807) is 18.2 Å². The Kier molecular flexibility index (Phi) is 8.20. The van der Waals surface area contributed by atoms with Crippen LogP contribution >= 0.6 is 0 Å². The van der Waals surface area contributed by atoms with Crippen LogP contribution in [-0.2, 0) is 26.2 Å². The first-order chi connectivity index (χ1) is 15.0. The predicted molar refractivity (Wildman–Crippen MR) is 120 cm³/mol. The second kappa shape index (κ2) is 11.1. The fraction of sp³-hybridized carbons (Fsp3) is 0.391. The number of carbonyl (C=O) groups excluding carboxylic acids is 1. The molecule has 0 aliphatic carbocycles. The molecule has 1 unspecified atom stereocenters. The Labute approximate surface area is 184 Å². The maximum Gasteiger partial charge on any atom is 0.263 e. The smallest absolute Gasteiger partial charge is 0.263 e. The van der Waals surface area contributed by atoms with E-state index in [-0.39, 0.29) is 16.6 Å². The highest BCUT2D eigenvalue weighted by Crippen LogP contribution is 2.23. The lowest BCUT2D eigenvalue weighted by molar-refractivity contribution is -0.122. The number of amides is 1. The Morgan fingerprint density at radius 3 is 2.61 bits per heavy atom. The van der Waals surface area contributed by atoms with Crippen LogP contribution in [0.15, 0.2) is 64.5 Å². The molecule has 0 bridgehead atoms. The number of nitrogens with one attached hydrogen (secondary N) is 2. The van der Waals surface area contributed by atoms with E-state index in [4.69, 9.17) is 4.74 Å². The molecule has 0 radical (unpaired) electrons. The van der Waals surface area contributed by atoms with Crippen LogP contribution in [0.5, 0.6) is 0 Å². The summed E-state index contributed by atoms with van der Waals surface area (Å²) < 4.78 is 32.7. The highest BCUT2D eigenvalue weighted by molar-refractivity contribution is 7.90. The highest BCUT2D eigenvalue weighted by atomic mass is 32.2. The Hall–Kier alpha value is -2.71. The fourth-order valence-corrected chi connectivity index (χ4v) is 4.54. The largest absolute Gasteiger partial charge is 0.377 e. The van der Waals surface area contributed by atoms with Gasteiger partial charge in [-0.15, -0.1) is 0 Å². The van der Waals surface area contributed by atoms with E-state index in [0.717, 1.165) is 18.4 Å². The zero-order valence-corrected chi connectivity index (χ0v) is 18.5. The molecule has 0 aromatic heterocycles. The van der Waals surface area contributed by atoms with E-state index in [1.807, 2.05) is 37.3 Å². The first-order valence-electron chi connectivity index (χ1n) is 10.6. The number of unbranched alkanes of at least 4 members (excludes halogenated alkanes) is 1. The van der Waals surface area contributed by atoms with E-state index < -0.39 is 16.1 Å². The summed E-state index contributed by atoms with van der Waals surface area (Å²) in [6.45, 7) is 3.60. The summed E-state index contributed by atoms with van der Waals surface area (Å²) in [7, 11) is -3.63. The Morgan fingerprint density at radius 1 is 1.10 bits per heavy atom. The zero-order valence-electron chi connectivity index (χ0n) is 17.7. The van der Waals surface area contributed by atoms with Crippen molar-refractivity contribution in [3.63, 3.8) is 0 Å². The molecule has 3 rings (SSSR count). The van der Waals surface area contributed by atoms with Crippen LogP contribution in [-0.4, -0.2) is 39.4 Å². The third-order valence-electron chi connectivity index (χ3n) is 4.96. The van der Waals surface area contributed by atoms with Crippen molar-refractivity contribution >= 4 is 21.8 Å². The van der Waals surface area contributed by atoms with E-state index >= 15 is 0 Å². The van der Waals surface area contributed by atoms with Gasteiger partial charge >= 0.3 is 0 Å². The number of rotatable bonds is 11. The number of nitrogens with zero attached hydrogens (tertiary/aromatic N) is 1. The van der Waals surface area contributed by atoms with Gasteiger partial charge in [-0.1, -0.05) is 62.2 Å². The van der Waals surface area contributed by atoms with Gasteiger partial charge in [0.05, 0.1) is 11.5 Å². The standard InChI is InChI=1S/C23H29N3O4S/c1-2-3-13-20(25-22-19-12-7-8-14-21(19)31(28,29)26-22)23(27)24-15-9-16-30-17-18-10-5-4-6-11-18/h4-8,10-12,14,20H,2-3,9,13,15-17H2,1H3,(H,24,27)(H,25,26). The number of hydrogen-bond donors (Lipinski definition) is 2. The van der Waals surface area contributed by atoms with Gasteiger partial charge in [0.1, 0.15) is 11.9 Å². The van der Waals surface area contributed by atoms with Crippen LogP contribution in [0.4, 0.5) is 0 Å². The van der Waals surface area contributed by atoms with Gasteiger partial charge in [-0.25, -0.2) is 8.42 Å². The van der Waals surface area contributed by atoms with Crippen LogP contribution in [0.25, 0.3) is 0 Å². The minimum absolute atomic E-state index is 0.193. The highest BCUT2D eigenvalue weighted by Gasteiger charge is 2.31. The Bertz CT molecular complexity index is 1010. The maximum absolute atomic E-state index is 12.7. The van der Waals surface area contributed by atoms with Gasteiger partial charge in [0.25, 0.3) is 10.0 Å². The van der Waals surface area contributed by atoms with E-state index in [1.165, 1.54) is 6.07 Å². The molecule has 1 amide bonds. The van der Waals surface area contributed by atoms with Crippen LogP contribution in [0.3, 0.4) is 0 Å². The van der Waals surface area contributed by atoms with Crippen LogP contribution in [0, 0.1) is 0 Å². The van der Waals surface area contributed by atoms with Crippen molar-refractivity contribution in [1.29, 1.82) is 0 Å². The van der Waals surface area contributed by atoms with Gasteiger partial charge in [0.15, 0.2) is 0 Å². The monoisotopic (exact) mass is 443 g/mol. The molecular formula is C23H29N3O4S. The molecule has 1 heterocycles.